The number of amides is 1. The summed E-state index contributed by atoms with van der Waals surface area (Å²) < 4.78 is 0. The molecule has 2 aliphatic rings. The van der Waals surface area contributed by atoms with Crippen LogP contribution in [0.15, 0.2) is 24.3 Å². The average molecular weight is 316 g/mol. The quantitative estimate of drug-likeness (QED) is 0.924. The summed E-state index contributed by atoms with van der Waals surface area (Å²) in [7, 11) is 1.85. The maximum atomic E-state index is 12.7. The fraction of sp³-hybridized carbons (Fsp3) is 0.556. The van der Waals surface area contributed by atoms with E-state index in [2.05, 4.69) is 12.1 Å². The van der Waals surface area contributed by atoms with Crippen LogP contribution in [-0.4, -0.2) is 53.0 Å². The summed E-state index contributed by atoms with van der Waals surface area (Å²) in [5, 5.41) is 9.25. The summed E-state index contributed by atoms with van der Waals surface area (Å²) in [6.45, 7) is 0.893. The molecule has 1 aliphatic heterocycles. The van der Waals surface area contributed by atoms with Crippen molar-refractivity contribution in [3.05, 3.63) is 35.4 Å². The summed E-state index contributed by atoms with van der Waals surface area (Å²) in [6.07, 6.45) is 4.61. The zero-order valence-electron chi connectivity index (χ0n) is 13.6. The summed E-state index contributed by atoms with van der Waals surface area (Å²) >= 11 is 0. The third kappa shape index (κ3) is 3.24. The molecule has 5 nitrogen and oxygen atoms in total. The molecule has 1 fully saturated rings. The Hall–Kier alpha value is -1.88. The van der Waals surface area contributed by atoms with Gasteiger partial charge in [-0.05, 0) is 49.8 Å². The number of hydrogen-bond donors (Lipinski definition) is 1. The maximum absolute atomic E-state index is 12.7. The van der Waals surface area contributed by atoms with Crippen molar-refractivity contribution in [1.29, 1.82) is 0 Å². The molecule has 124 valence electrons. The SMILES string of the molecule is CN(C(=O)CN1CCC[C@@H]1C(=O)O)[C@H]1CCCc2ccccc21. The first-order valence-electron chi connectivity index (χ1n) is 8.38. The smallest absolute Gasteiger partial charge is 0.320 e. The minimum absolute atomic E-state index is 0.0138. The largest absolute Gasteiger partial charge is 0.480 e. The molecular weight excluding hydrogens is 292 g/mol. The molecule has 1 heterocycles. The lowest BCUT2D eigenvalue weighted by Crippen LogP contribution is -2.44. The zero-order chi connectivity index (χ0) is 16.4. The van der Waals surface area contributed by atoms with Crippen molar-refractivity contribution in [3.63, 3.8) is 0 Å². The van der Waals surface area contributed by atoms with E-state index in [1.165, 1.54) is 11.1 Å². The molecule has 1 saturated heterocycles. The molecule has 0 aromatic heterocycles. The van der Waals surface area contributed by atoms with Gasteiger partial charge < -0.3 is 10.0 Å². The summed E-state index contributed by atoms with van der Waals surface area (Å²) in [4.78, 5) is 27.5. The molecule has 5 heteroatoms. The first-order valence-corrected chi connectivity index (χ1v) is 8.38. The van der Waals surface area contributed by atoms with Gasteiger partial charge in [-0.15, -0.1) is 0 Å². The Bertz CT molecular complexity index is 602. The molecule has 0 radical (unpaired) electrons. The fourth-order valence-corrected chi connectivity index (χ4v) is 3.88. The molecular formula is C18H24N2O3. The van der Waals surface area contributed by atoms with Crippen molar-refractivity contribution < 1.29 is 14.7 Å². The number of carbonyl (C=O) groups excluding carboxylic acids is 1. The second kappa shape index (κ2) is 6.71. The lowest BCUT2D eigenvalue weighted by atomic mass is 9.87. The van der Waals surface area contributed by atoms with Gasteiger partial charge in [0.1, 0.15) is 6.04 Å². The molecule has 0 bridgehead atoms. The minimum atomic E-state index is -0.819. The minimum Gasteiger partial charge on any atom is -0.480 e. The number of benzene rings is 1. The zero-order valence-corrected chi connectivity index (χ0v) is 13.6. The number of nitrogens with zero attached hydrogens (tertiary/aromatic N) is 2. The average Bonchev–Trinajstić information content (AvgIpc) is 3.02. The number of aliphatic carboxylic acids is 1. The summed E-state index contributed by atoms with van der Waals surface area (Å²) in [5.74, 6) is -0.805. The highest BCUT2D eigenvalue weighted by atomic mass is 16.4. The topological polar surface area (TPSA) is 60.9 Å². The second-order valence-electron chi connectivity index (χ2n) is 6.58. The van der Waals surface area contributed by atoms with Crippen molar-refractivity contribution >= 4 is 11.9 Å². The molecule has 1 aromatic carbocycles. The second-order valence-corrected chi connectivity index (χ2v) is 6.58. The van der Waals surface area contributed by atoms with E-state index < -0.39 is 12.0 Å². The summed E-state index contributed by atoms with van der Waals surface area (Å²) in [6, 6.07) is 7.92. The Morgan fingerprint density at radius 3 is 2.83 bits per heavy atom. The highest BCUT2D eigenvalue weighted by Crippen LogP contribution is 2.33. The van der Waals surface area contributed by atoms with Gasteiger partial charge in [0.05, 0.1) is 12.6 Å². The van der Waals surface area contributed by atoms with Crippen LogP contribution in [0.4, 0.5) is 0 Å². The lowest BCUT2D eigenvalue weighted by molar-refractivity contribution is -0.143. The van der Waals surface area contributed by atoms with Gasteiger partial charge >= 0.3 is 5.97 Å². The van der Waals surface area contributed by atoms with Crippen molar-refractivity contribution in [2.75, 3.05) is 20.1 Å². The monoisotopic (exact) mass is 316 g/mol. The normalized spacial score (nSPS) is 24.2. The Labute approximate surface area is 136 Å². The number of fused-ring (bicyclic) bond motifs is 1. The van der Waals surface area contributed by atoms with Crippen molar-refractivity contribution in [2.45, 2.75) is 44.2 Å². The molecule has 3 rings (SSSR count). The third-order valence-electron chi connectivity index (χ3n) is 5.19. The Kier molecular flexibility index (Phi) is 4.66. The van der Waals surface area contributed by atoms with Gasteiger partial charge in [0, 0.05) is 7.05 Å². The highest BCUT2D eigenvalue weighted by Gasteiger charge is 2.34. The summed E-state index contributed by atoms with van der Waals surface area (Å²) in [5.41, 5.74) is 2.57. The van der Waals surface area contributed by atoms with Gasteiger partial charge in [0.25, 0.3) is 0 Å². The predicted molar refractivity (Wildman–Crippen MR) is 87.1 cm³/mol. The molecule has 2 atom stereocenters. The highest BCUT2D eigenvalue weighted by molar-refractivity contribution is 5.80. The van der Waals surface area contributed by atoms with E-state index in [1.807, 2.05) is 24.1 Å². The van der Waals surface area contributed by atoms with Gasteiger partial charge in [0.15, 0.2) is 0 Å². The molecule has 0 spiro atoms. The number of carbonyl (C=O) groups is 2. The Balaban J connectivity index is 1.70. The van der Waals surface area contributed by atoms with Crippen LogP contribution in [0.2, 0.25) is 0 Å². The number of carboxylic acids is 1. The first-order chi connectivity index (χ1) is 11.1. The molecule has 0 unspecified atom stereocenters. The Morgan fingerprint density at radius 1 is 1.26 bits per heavy atom. The number of likely N-dealkylation sites (tertiary alicyclic amines) is 1. The van der Waals surface area contributed by atoms with Crippen LogP contribution in [0.3, 0.4) is 0 Å². The van der Waals surface area contributed by atoms with Crippen LogP contribution in [0.25, 0.3) is 0 Å². The van der Waals surface area contributed by atoms with Gasteiger partial charge in [-0.1, -0.05) is 24.3 Å². The van der Waals surface area contributed by atoms with E-state index in [0.717, 1.165) is 25.7 Å². The first kappa shape index (κ1) is 16.0. The molecule has 1 aliphatic carbocycles. The van der Waals surface area contributed by atoms with Gasteiger partial charge in [0.2, 0.25) is 5.91 Å². The maximum Gasteiger partial charge on any atom is 0.320 e. The van der Waals surface area contributed by atoms with E-state index in [9.17, 15) is 14.7 Å². The van der Waals surface area contributed by atoms with Crippen LogP contribution in [0.1, 0.15) is 42.9 Å². The predicted octanol–water partition coefficient (Wildman–Crippen LogP) is 2.07. The molecule has 23 heavy (non-hydrogen) atoms. The van der Waals surface area contributed by atoms with E-state index >= 15 is 0 Å². The molecule has 1 aromatic rings. The number of hydrogen-bond acceptors (Lipinski definition) is 3. The Morgan fingerprint density at radius 2 is 2.04 bits per heavy atom. The van der Waals surface area contributed by atoms with E-state index in [0.29, 0.717) is 13.0 Å². The number of carboxylic acid groups (broad SMARTS) is 1. The number of rotatable bonds is 4. The van der Waals surface area contributed by atoms with Gasteiger partial charge in [-0.2, -0.15) is 0 Å². The van der Waals surface area contributed by atoms with Crippen molar-refractivity contribution in [1.82, 2.24) is 9.80 Å². The van der Waals surface area contributed by atoms with E-state index in [4.69, 9.17) is 0 Å². The number of aryl methyl sites for hydroxylation is 1. The standard InChI is InChI=1S/C18H24N2O3/c1-19(15-9-4-7-13-6-2-3-8-14(13)15)17(21)12-20-11-5-10-16(20)18(22)23/h2-3,6,8,15-16H,4-5,7,9-12H2,1H3,(H,22,23)/t15-,16+/m0/s1. The molecule has 1 N–H and O–H groups in total. The van der Waals surface area contributed by atoms with Crippen LogP contribution < -0.4 is 0 Å². The van der Waals surface area contributed by atoms with Crippen LogP contribution >= 0.6 is 0 Å². The lowest BCUT2D eigenvalue weighted by Gasteiger charge is -2.34. The van der Waals surface area contributed by atoms with Crippen molar-refractivity contribution in [2.24, 2.45) is 0 Å². The third-order valence-corrected chi connectivity index (χ3v) is 5.19. The fourth-order valence-electron chi connectivity index (χ4n) is 3.88. The molecule has 0 saturated carbocycles. The van der Waals surface area contributed by atoms with E-state index in [-0.39, 0.29) is 18.5 Å². The molecule has 1 amide bonds. The van der Waals surface area contributed by atoms with Crippen LogP contribution in [0, 0.1) is 0 Å². The number of likely N-dealkylation sites (N-methyl/N-ethyl adjacent to an activating group) is 1. The van der Waals surface area contributed by atoms with Gasteiger partial charge in [-0.3, -0.25) is 14.5 Å². The van der Waals surface area contributed by atoms with E-state index in [1.54, 1.807) is 4.90 Å². The van der Waals surface area contributed by atoms with Gasteiger partial charge in [-0.25, -0.2) is 0 Å². The van der Waals surface area contributed by atoms with Crippen LogP contribution in [0.5, 0.6) is 0 Å². The van der Waals surface area contributed by atoms with Crippen molar-refractivity contribution in [3.8, 4) is 0 Å². The van der Waals surface area contributed by atoms with Crippen LogP contribution in [-0.2, 0) is 16.0 Å².